The number of carbonyl (C=O) groups excluding carboxylic acids is 2. The highest BCUT2D eigenvalue weighted by molar-refractivity contribution is 5.77. The Morgan fingerprint density at radius 2 is 1.61 bits per heavy atom. The monoisotopic (exact) mass is 529 g/mol. The molecule has 16 nitrogen and oxygen atoms in total. The summed E-state index contributed by atoms with van der Waals surface area (Å²) in [4.78, 5) is 23.2. The van der Waals surface area contributed by atoms with E-state index in [0.717, 1.165) is 6.92 Å². The summed E-state index contributed by atoms with van der Waals surface area (Å²) in [5, 5.41) is 92.5. The van der Waals surface area contributed by atoms with E-state index in [1.54, 1.807) is 0 Å². The van der Waals surface area contributed by atoms with E-state index in [9.17, 15) is 55.5 Å². The molecule has 0 bridgehead atoms. The number of hydrogen-bond acceptors (Lipinski definition) is 15. The minimum Gasteiger partial charge on any atom is -0.394 e. The number of carbonyl (C=O) groups is 2. The van der Waals surface area contributed by atoms with E-state index >= 15 is 0 Å². The molecule has 16 heteroatoms. The van der Waals surface area contributed by atoms with Crippen molar-refractivity contribution in [3.05, 3.63) is 0 Å². The average molecular weight is 529 g/mol. The number of aliphatic hydroxyl groups excluding tert-OH is 9. The lowest BCUT2D eigenvalue weighted by Gasteiger charge is -2.47. The van der Waals surface area contributed by atoms with E-state index in [2.05, 4.69) is 5.32 Å². The maximum Gasteiger partial charge on any atom is 0.217 e. The largest absolute Gasteiger partial charge is 0.394 e. The molecule has 2 rings (SSSR count). The van der Waals surface area contributed by atoms with Crippen molar-refractivity contribution in [3.63, 3.8) is 0 Å². The van der Waals surface area contributed by atoms with Gasteiger partial charge in [0, 0.05) is 6.92 Å². The fraction of sp³-hybridized carbons (Fsp3) is 0.900. The fourth-order valence-electron chi connectivity index (χ4n) is 3.88. The lowest BCUT2D eigenvalue weighted by atomic mass is 9.97. The summed E-state index contributed by atoms with van der Waals surface area (Å²) in [6, 6.07) is -1.62. The van der Waals surface area contributed by atoms with Crippen LogP contribution in [0.2, 0.25) is 0 Å². The molecule has 210 valence electrons. The third-order valence-corrected chi connectivity index (χ3v) is 6.00. The third kappa shape index (κ3) is 6.93. The van der Waals surface area contributed by atoms with Gasteiger partial charge in [0.15, 0.2) is 12.6 Å². The predicted molar refractivity (Wildman–Crippen MR) is 113 cm³/mol. The van der Waals surface area contributed by atoms with Crippen molar-refractivity contribution in [2.45, 2.75) is 99.6 Å². The Morgan fingerprint density at radius 3 is 2.14 bits per heavy atom. The number of nitrogens with one attached hydrogen (secondary N) is 1. The van der Waals surface area contributed by atoms with Gasteiger partial charge in [0.1, 0.15) is 73.4 Å². The summed E-state index contributed by atoms with van der Waals surface area (Å²) < 4.78 is 21.9. The zero-order valence-electron chi connectivity index (χ0n) is 19.5. The Labute approximate surface area is 205 Å². The van der Waals surface area contributed by atoms with Gasteiger partial charge in [-0.3, -0.25) is 4.79 Å². The van der Waals surface area contributed by atoms with Crippen molar-refractivity contribution in [1.29, 1.82) is 0 Å². The molecule has 2 aliphatic heterocycles. The molecule has 14 unspecified atom stereocenters. The Bertz CT molecular complexity index is 715. The van der Waals surface area contributed by atoms with Crippen molar-refractivity contribution in [2.24, 2.45) is 0 Å². The number of aldehydes is 1. The summed E-state index contributed by atoms with van der Waals surface area (Å²) in [7, 11) is 0. The van der Waals surface area contributed by atoms with Crippen molar-refractivity contribution in [2.75, 3.05) is 13.2 Å². The van der Waals surface area contributed by atoms with Gasteiger partial charge < -0.3 is 75.0 Å². The summed E-state index contributed by atoms with van der Waals surface area (Å²) in [5.74, 6) is -0.729. The molecule has 2 heterocycles. The molecule has 0 radical (unpaired) electrons. The molecule has 2 saturated heterocycles. The quantitative estimate of drug-likeness (QED) is 0.111. The molecular formula is C20H35NO15. The number of hydrogen-bond donors (Lipinski definition) is 10. The van der Waals surface area contributed by atoms with E-state index in [1.807, 2.05) is 0 Å². The molecule has 10 N–H and O–H groups in total. The highest BCUT2D eigenvalue weighted by Crippen LogP contribution is 2.31. The van der Waals surface area contributed by atoms with Crippen LogP contribution in [0.3, 0.4) is 0 Å². The maximum absolute atomic E-state index is 11.7. The van der Waals surface area contributed by atoms with E-state index in [4.69, 9.17) is 18.9 Å². The Morgan fingerprint density at radius 1 is 0.972 bits per heavy atom. The summed E-state index contributed by atoms with van der Waals surface area (Å²) in [6.45, 7) is 0.610. The van der Waals surface area contributed by atoms with Crippen LogP contribution in [0.5, 0.6) is 0 Å². The van der Waals surface area contributed by atoms with Gasteiger partial charge in [0.05, 0.1) is 19.3 Å². The Kier molecular flexibility index (Phi) is 11.5. The van der Waals surface area contributed by atoms with Crippen LogP contribution in [-0.2, 0) is 28.5 Å². The molecular weight excluding hydrogens is 494 g/mol. The van der Waals surface area contributed by atoms with Gasteiger partial charge in [-0.25, -0.2) is 0 Å². The molecule has 0 saturated carbocycles. The lowest BCUT2D eigenvalue weighted by Crippen LogP contribution is -2.65. The second-order valence-electron chi connectivity index (χ2n) is 8.69. The van der Waals surface area contributed by atoms with Crippen molar-refractivity contribution in [1.82, 2.24) is 5.32 Å². The number of aliphatic hydroxyl groups is 9. The molecule has 1 amide bonds. The second-order valence-corrected chi connectivity index (χ2v) is 8.69. The standard InChI is InChI=1S/C20H35NO15/c1-6-11(27)14(30)16(32)19(33-6)36-18-15(31)13(29)10(5-24)34-20(18)35-17(12(28)9(26)4-23)8(3-22)21-7(2)25/h3,6,8-20,23-24,26-32H,4-5H2,1-2H3,(H,21,25). The van der Waals surface area contributed by atoms with Crippen LogP contribution in [0.4, 0.5) is 0 Å². The maximum atomic E-state index is 11.7. The smallest absolute Gasteiger partial charge is 0.217 e. The number of ether oxygens (including phenoxy) is 4. The molecule has 2 fully saturated rings. The van der Waals surface area contributed by atoms with Crippen LogP contribution in [0.15, 0.2) is 0 Å². The minimum absolute atomic E-state index is 0.167. The summed E-state index contributed by atoms with van der Waals surface area (Å²) in [5.41, 5.74) is 0. The van der Waals surface area contributed by atoms with Crippen molar-refractivity contribution < 1.29 is 74.5 Å². The van der Waals surface area contributed by atoms with Crippen LogP contribution in [0, 0.1) is 0 Å². The first-order valence-electron chi connectivity index (χ1n) is 11.2. The summed E-state index contributed by atoms with van der Waals surface area (Å²) >= 11 is 0. The molecule has 0 aromatic rings. The van der Waals surface area contributed by atoms with Gasteiger partial charge in [0.25, 0.3) is 0 Å². The van der Waals surface area contributed by atoms with Gasteiger partial charge in [-0.2, -0.15) is 0 Å². The molecule has 14 atom stereocenters. The number of rotatable bonds is 11. The van der Waals surface area contributed by atoms with Crippen molar-refractivity contribution >= 4 is 12.2 Å². The third-order valence-electron chi connectivity index (χ3n) is 6.00. The highest BCUT2D eigenvalue weighted by Gasteiger charge is 2.52. The molecule has 0 aromatic heterocycles. The molecule has 0 aromatic carbocycles. The van der Waals surface area contributed by atoms with Crippen LogP contribution in [0.25, 0.3) is 0 Å². The van der Waals surface area contributed by atoms with Gasteiger partial charge >= 0.3 is 0 Å². The first-order valence-corrected chi connectivity index (χ1v) is 11.2. The first kappa shape index (κ1) is 30.8. The van der Waals surface area contributed by atoms with Gasteiger partial charge in [-0.1, -0.05) is 0 Å². The van der Waals surface area contributed by atoms with E-state index in [1.165, 1.54) is 6.92 Å². The fourth-order valence-corrected chi connectivity index (χ4v) is 3.88. The zero-order chi connectivity index (χ0) is 27.3. The molecule has 36 heavy (non-hydrogen) atoms. The van der Waals surface area contributed by atoms with Crippen LogP contribution in [0.1, 0.15) is 13.8 Å². The lowest BCUT2D eigenvalue weighted by molar-refractivity contribution is -0.372. The topological polar surface area (TPSA) is 265 Å². The van der Waals surface area contributed by atoms with Crippen LogP contribution < -0.4 is 5.32 Å². The predicted octanol–water partition coefficient (Wildman–Crippen LogP) is -6.56. The first-order chi connectivity index (χ1) is 16.9. The molecule has 2 aliphatic rings. The molecule has 0 spiro atoms. The summed E-state index contributed by atoms with van der Waals surface area (Å²) in [6.07, 6.45) is -22.1. The van der Waals surface area contributed by atoms with Crippen molar-refractivity contribution in [3.8, 4) is 0 Å². The van der Waals surface area contributed by atoms with E-state index in [0.29, 0.717) is 0 Å². The average Bonchev–Trinajstić information content (AvgIpc) is 2.85. The molecule has 0 aliphatic carbocycles. The highest BCUT2D eigenvalue weighted by atomic mass is 16.8. The van der Waals surface area contributed by atoms with Gasteiger partial charge in [-0.05, 0) is 6.92 Å². The van der Waals surface area contributed by atoms with Crippen LogP contribution in [-0.4, -0.2) is 157 Å². The Balaban J connectivity index is 2.39. The number of amides is 1. The zero-order valence-corrected chi connectivity index (χ0v) is 19.5. The second kappa shape index (κ2) is 13.4. The van der Waals surface area contributed by atoms with Gasteiger partial charge in [-0.15, -0.1) is 0 Å². The normalized spacial score (nSPS) is 40.6. The minimum atomic E-state index is -2.01. The SMILES string of the molecule is CC(=O)NC(C=O)C(OC1OC(CO)C(O)C(O)C1OC1OC(C)C(O)C(O)C1O)C(O)C(O)CO. The Hall–Kier alpha value is -1.38. The van der Waals surface area contributed by atoms with E-state index in [-0.39, 0.29) is 6.29 Å². The van der Waals surface area contributed by atoms with Crippen LogP contribution >= 0.6 is 0 Å². The van der Waals surface area contributed by atoms with E-state index < -0.39 is 105 Å². The van der Waals surface area contributed by atoms with Gasteiger partial charge in [0.2, 0.25) is 5.91 Å².